The molecule has 0 aliphatic rings. The van der Waals surface area contributed by atoms with Crippen LogP contribution in [0.25, 0.3) is 0 Å². The van der Waals surface area contributed by atoms with E-state index in [1.165, 1.54) is 0 Å². The third kappa shape index (κ3) is 2.80. The van der Waals surface area contributed by atoms with Gasteiger partial charge >= 0.3 is 0 Å². The molecule has 0 amide bonds. The van der Waals surface area contributed by atoms with Gasteiger partial charge in [0.1, 0.15) is 0 Å². The normalized spacial score (nSPS) is 12.8. The Bertz CT molecular complexity index is 254. The van der Waals surface area contributed by atoms with Crippen molar-refractivity contribution in [3.63, 3.8) is 0 Å². The van der Waals surface area contributed by atoms with E-state index < -0.39 is 0 Å². The van der Waals surface area contributed by atoms with Crippen LogP contribution in [0.2, 0.25) is 0 Å². The van der Waals surface area contributed by atoms with E-state index in [2.05, 4.69) is 0 Å². The van der Waals surface area contributed by atoms with Gasteiger partial charge in [-0.05, 0) is 11.1 Å². The molecular weight excluding hydrogens is 178 g/mol. The SMILES string of the molecule is COCc1ccc(C(CN)OC)cc1. The molecule has 0 saturated carbocycles. The van der Waals surface area contributed by atoms with Crippen molar-refractivity contribution >= 4 is 0 Å². The Morgan fingerprint density at radius 2 is 1.86 bits per heavy atom. The summed E-state index contributed by atoms with van der Waals surface area (Å²) in [5.41, 5.74) is 7.82. The predicted molar refractivity (Wildman–Crippen MR) is 56.0 cm³/mol. The molecule has 0 aromatic heterocycles. The Hall–Kier alpha value is -0.900. The predicted octanol–water partition coefficient (Wildman–Crippen LogP) is 1.48. The number of nitrogens with two attached hydrogens (primary N) is 1. The number of benzene rings is 1. The molecular formula is C11H17NO2. The van der Waals surface area contributed by atoms with Crippen LogP contribution < -0.4 is 5.73 Å². The third-order valence-electron chi connectivity index (χ3n) is 2.16. The largest absolute Gasteiger partial charge is 0.380 e. The topological polar surface area (TPSA) is 44.5 Å². The Balaban J connectivity index is 2.71. The van der Waals surface area contributed by atoms with Crippen LogP contribution in [0.1, 0.15) is 17.2 Å². The lowest BCUT2D eigenvalue weighted by Crippen LogP contribution is -2.14. The van der Waals surface area contributed by atoms with Crippen molar-refractivity contribution in [3.8, 4) is 0 Å². The van der Waals surface area contributed by atoms with Crippen LogP contribution in [0, 0.1) is 0 Å². The van der Waals surface area contributed by atoms with Gasteiger partial charge in [-0.25, -0.2) is 0 Å². The molecule has 0 bridgehead atoms. The molecule has 14 heavy (non-hydrogen) atoms. The van der Waals surface area contributed by atoms with Crippen molar-refractivity contribution in [1.82, 2.24) is 0 Å². The van der Waals surface area contributed by atoms with Crippen LogP contribution in [-0.2, 0) is 16.1 Å². The van der Waals surface area contributed by atoms with Crippen LogP contribution in [0.5, 0.6) is 0 Å². The van der Waals surface area contributed by atoms with Crippen molar-refractivity contribution in [2.75, 3.05) is 20.8 Å². The molecule has 0 fully saturated rings. The molecule has 0 radical (unpaired) electrons. The highest BCUT2D eigenvalue weighted by Crippen LogP contribution is 2.16. The fourth-order valence-corrected chi connectivity index (χ4v) is 1.36. The van der Waals surface area contributed by atoms with Gasteiger partial charge in [0.05, 0.1) is 12.7 Å². The minimum Gasteiger partial charge on any atom is -0.380 e. The maximum Gasteiger partial charge on any atom is 0.0943 e. The summed E-state index contributed by atoms with van der Waals surface area (Å²) in [7, 11) is 3.35. The highest BCUT2D eigenvalue weighted by Gasteiger charge is 2.06. The van der Waals surface area contributed by atoms with Crippen molar-refractivity contribution < 1.29 is 9.47 Å². The van der Waals surface area contributed by atoms with Crippen LogP contribution in [-0.4, -0.2) is 20.8 Å². The van der Waals surface area contributed by atoms with E-state index in [9.17, 15) is 0 Å². The first-order chi connectivity index (χ1) is 6.81. The Morgan fingerprint density at radius 1 is 1.21 bits per heavy atom. The molecule has 3 nitrogen and oxygen atoms in total. The van der Waals surface area contributed by atoms with Gasteiger partial charge in [0.15, 0.2) is 0 Å². The fourth-order valence-electron chi connectivity index (χ4n) is 1.36. The van der Waals surface area contributed by atoms with E-state index in [4.69, 9.17) is 15.2 Å². The van der Waals surface area contributed by atoms with Crippen molar-refractivity contribution in [3.05, 3.63) is 35.4 Å². The molecule has 0 saturated heterocycles. The van der Waals surface area contributed by atoms with E-state index in [0.29, 0.717) is 13.2 Å². The zero-order valence-electron chi connectivity index (χ0n) is 8.69. The number of ether oxygens (including phenoxy) is 2. The summed E-state index contributed by atoms with van der Waals surface area (Å²) in [6.45, 7) is 1.14. The first-order valence-corrected chi connectivity index (χ1v) is 4.62. The quantitative estimate of drug-likeness (QED) is 0.774. The maximum atomic E-state index is 5.56. The van der Waals surface area contributed by atoms with E-state index in [-0.39, 0.29) is 6.10 Å². The average molecular weight is 195 g/mol. The van der Waals surface area contributed by atoms with Crippen LogP contribution in [0.4, 0.5) is 0 Å². The molecule has 1 unspecified atom stereocenters. The summed E-state index contributed by atoms with van der Waals surface area (Å²) >= 11 is 0. The summed E-state index contributed by atoms with van der Waals surface area (Å²) in [5, 5.41) is 0. The number of hydrogen-bond donors (Lipinski definition) is 1. The van der Waals surface area contributed by atoms with Crippen LogP contribution in [0.3, 0.4) is 0 Å². The molecule has 1 aromatic carbocycles. The lowest BCUT2D eigenvalue weighted by molar-refractivity contribution is 0.110. The second kappa shape index (κ2) is 5.75. The van der Waals surface area contributed by atoms with Gasteiger partial charge in [-0.15, -0.1) is 0 Å². The summed E-state index contributed by atoms with van der Waals surface area (Å²) in [5.74, 6) is 0. The smallest absolute Gasteiger partial charge is 0.0943 e. The molecule has 1 rings (SSSR count). The lowest BCUT2D eigenvalue weighted by Gasteiger charge is -2.13. The number of hydrogen-bond acceptors (Lipinski definition) is 3. The van der Waals surface area contributed by atoms with Gasteiger partial charge < -0.3 is 15.2 Å². The second-order valence-corrected chi connectivity index (χ2v) is 3.13. The minimum atomic E-state index is -0.00778. The Kier molecular flexibility index (Phi) is 4.59. The summed E-state index contributed by atoms with van der Waals surface area (Å²) in [6, 6.07) is 8.10. The standard InChI is InChI=1S/C11H17NO2/c1-13-8-9-3-5-10(6-4-9)11(7-12)14-2/h3-6,11H,7-8,12H2,1-2H3. The molecule has 3 heteroatoms. The molecule has 0 aliphatic carbocycles. The number of methoxy groups -OCH3 is 2. The molecule has 78 valence electrons. The van der Waals surface area contributed by atoms with Crippen LogP contribution >= 0.6 is 0 Å². The minimum absolute atomic E-state index is 0.00778. The van der Waals surface area contributed by atoms with Crippen molar-refractivity contribution in [1.29, 1.82) is 0 Å². The van der Waals surface area contributed by atoms with E-state index >= 15 is 0 Å². The molecule has 1 atom stereocenters. The van der Waals surface area contributed by atoms with Gasteiger partial charge in [0, 0.05) is 20.8 Å². The second-order valence-electron chi connectivity index (χ2n) is 3.13. The highest BCUT2D eigenvalue weighted by molar-refractivity contribution is 5.24. The molecule has 1 aromatic rings. The van der Waals surface area contributed by atoms with E-state index in [0.717, 1.165) is 11.1 Å². The molecule has 0 heterocycles. The van der Waals surface area contributed by atoms with E-state index in [1.54, 1.807) is 14.2 Å². The Labute approximate surface area is 84.8 Å². The molecule has 0 aliphatic heterocycles. The van der Waals surface area contributed by atoms with Crippen LogP contribution in [0.15, 0.2) is 24.3 Å². The zero-order valence-corrected chi connectivity index (χ0v) is 8.69. The number of rotatable bonds is 5. The monoisotopic (exact) mass is 195 g/mol. The molecule has 2 N–H and O–H groups in total. The first kappa shape index (κ1) is 11.2. The van der Waals surface area contributed by atoms with Gasteiger partial charge in [0.25, 0.3) is 0 Å². The van der Waals surface area contributed by atoms with Gasteiger partial charge in [-0.1, -0.05) is 24.3 Å². The fraction of sp³-hybridized carbons (Fsp3) is 0.455. The Morgan fingerprint density at radius 3 is 2.29 bits per heavy atom. The lowest BCUT2D eigenvalue weighted by atomic mass is 10.1. The maximum absolute atomic E-state index is 5.56. The summed E-state index contributed by atoms with van der Waals surface area (Å²) in [6.07, 6.45) is -0.00778. The first-order valence-electron chi connectivity index (χ1n) is 4.62. The van der Waals surface area contributed by atoms with Gasteiger partial charge in [0.2, 0.25) is 0 Å². The summed E-state index contributed by atoms with van der Waals surface area (Å²) < 4.78 is 10.3. The zero-order chi connectivity index (χ0) is 10.4. The third-order valence-corrected chi connectivity index (χ3v) is 2.16. The highest BCUT2D eigenvalue weighted by atomic mass is 16.5. The van der Waals surface area contributed by atoms with Crippen molar-refractivity contribution in [2.24, 2.45) is 5.73 Å². The summed E-state index contributed by atoms with van der Waals surface area (Å²) in [4.78, 5) is 0. The van der Waals surface area contributed by atoms with Gasteiger partial charge in [-0.2, -0.15) is 0 Å². The average Bonchev–Trinajstić information content (AvgIpc) is 2.23. The van der Waals surface area contributed by atoms with Crippen molar-refractivity contribution in [2.45, 2.75) is 12.7 Å². The molecule has 0 spiro atoms. The van der Waals surface area contributed by atoms with E-state index in [1.807, 2.05) is 24.3 Å². The van der Waals surface area contributed by atoms with Gasteiger partial charge in [-0.3, -0.25) is 0 Å².